The summed E-state index contributed by atoms with van der Waals surface area (Å²) in [5.74, 6) is 1.57. The number of imidazole rings is 1. The maximum absolute atomic E-state index is 12.8. The molecule has 0 N–H and O–H groups in total. The number of nitrogens with zero attached hydrogens (tertiary/aromatic N) is 4. The van der Waals surface area contributed by atoms with E-state index in [4.69, 9.17) is 9.47 Å². The van der Waals surface area contributed by atoms with Crippen LogP contribution >= 0.6 is 15.9 Å². The number of benzene rings is 1. The summed E-state index contributed by atoms with van der Waals surface area (Å²) < 4.78 is 14.0. The summed E-state index contributed by atoms with van der Waals surface area (Å²) in [6, 6.07) is 9.72. The predicted octanol–water partition coefficient (Wildman–Crippen LogP) is 4.12. The van der Waals surface area contributed by atoms with Gasteiger partial charge in [0.2, 0.25) is 11.8 Å². The first kappa shape index (κ1) is 20.7. The van der Waals surface area contributed by atoms with Gasteiger partial charge in [-0.15, -0.1) is 0 Å². The second-order valence-electron chi connectivity index (χ2n) is 7.76. The molecule has 1 fully saturated rings. The van der Waals surface area contributed by atoms with Crippen molar-refractivity contribution in [2.24, 2.45) is 13.0 Å². The standard InChI is InChI=1S/C22H25BrN4O3/c1-13(15-5-7-17(29-4)8-6-15)27-11-16(9-20(27)28)14(2)30-22-21-18(10-19(23)25-22)24-12-26(21)3/h5-8,10,12-14,16H,9,11H2,1-4H3/t13-,14-,16-/m1/s1. The summed E-state index contributed by atoms with van der Waals surface area (Å²) in [5, 5.41) is 0. The molecule has 158 valence electrons. The summed E-state index contributed by atoms with van der Waals surface area (Å²) in [6.07, 6.45) is 2.04. The van der Waals surface area contributed by atoms with Crippen molar-refractivity contribution in [1.82, 2.24) is 19.4 Å². The molecule has 30 heavy (non-hydrogen) atoms. The lowest BCUT2D eigenvalue weighted by Crippen LogP contribution is -2.31. The van der Waals surface area contributed by atoms with Gasteiger partial charge in [-0.25, -0.2) is 9.97 Å². The lowest BCUT2D eigenvalue weighted by atomic mass is 10.0. The first-order valence-electron chi connectivity index (χ1n) is 9.95. The Morgan fingerprint density at radius 2 is 1.97 bits per heavy atom. The highest BCUT2D eigenvalue weighted by atomic mass is 79.9. The lowest BCUT2D eigenvalue weighted by molar-refractivity contribution is -0.129. The Hall–Kier alpha value is -2.61. The van der Waals surface area contributed by atoms with E-state index in [0.717, 1.165) is 22.3 Å². The van der Waals surface area contributed by atoms with Gasteiger partial charge in [-0.2, -0.15) is 0 Å². The normalized spacial score (nSPS) is 18.6. The summed E-state index contributed by atoms with van der Waals surface area (Å²) in [6.45, 7) is 4.71. The van der Waals surface area contributed by atoms with Gasteiger partial charge in [0.15, 0.2) is 0 Å². The quantitative estimate of drug-likeness (QED) is 0.504. The van der Waals surface area contributed by atoms with Gasteiger partial charge in [0.05, 0.1) is 25.0 Å². The van der Waals surface area contributed by atoms with Crippen LogP contribution in [0.1, 0.15) is 31.9 Å². The molecule has 7 nitrogen and oxygen atoms in total. The van der Waals surface area contributed by atoms with Gasteiger partial charge in [-0.05, 0) is 53.5 Å². The van der Waals surface area contributed by atoms with Gasteiger partial charge in [-0.3, -0.25) is 4.79 Å². The maximum atomic E-state index is 12.8. The number of carbonyl (C=O) groups excluding carboxylic acids is 1. The van der Waals surface area contributed by atoms with Crippen molar-refractivity contribution in [2.75, 3.05) is 13.7 Å². The molecule has 1 amide bonds. The van der Waals surface area contributed by atoms with Crippen molar-refractivity contribution in [3.05, 3.63) is 46.8 Å². The fourth-order valence-electron chi connectivity index (χ4n) is 3.98. The Morgan fingerprint density at radius 3 is 2.67 bits per heavy atom. The van der Waals surface area contributed by atoms with Crippen LogP contribution in [0.3, 0.4) is 0 Å². The average Bonchev–Trinajstić information content (AvgIpc) is 3.30. The fraction of sp³-hybridized carbons (Fsp3) is 0.409. The van der Waals surface area contributed by atoms with E-state index in [9.17, 15) is 4.79 Å². The molecule has 2 aromatic heterocycles. The number of fused-ring (bicyclic) bond motifs is 1. The average molecular weight is 473 g/mol. The summed E-state index contributed by atoms with van der Waals surface area (Å²) >= 11 is 3.43. The molecule has 1 aromatic carbocycles. The second-order valence-corrected chi connectivity index (χ2v) is 8.57. The number of halogens is 1. The molecule has 3 heterocycles. The molecule has 3 aromatic rings. The number of aryl methyl sites for hydroxylation is 1. The number of likely N-dealkylation sites (tertiary alicyclic amines) is 1. The Morgan fingerprint density at radius 1 is 1.23 bits per heavy atom. The van der Waals surface area contributed by atoms with E-state index in [-0.39, 0.29) is 24.0 Å². The van der Waals surface area contributed by atoms with Crippen molar-refractivity contribution in [1.29, 1.82) is 0 Å². The molecule has 0 saturated carbocycles. The third kappa shape index (κ3) is 3.88. The van der Waals surface area contributed by atoms with E-state index in [0.29, 0.717) is 23.4 Å². The molecule has 1 aliphatic rings. The van der Waals surface area contributed by atoms with Gasteiger partial charge in [-0.1, -0.05) is 12.1 Å². The van der Waals surface area contributed by atoms with Gasteiger partial charge in [0.1, 0.15) is 22.0 Å². The first-order chi connectivity index (χ1) is 14.4. The third-order valence-corrected chi connectivity index (χ3v) is 6.25. The Labute approximate surface area is 184 Å². The van der Waals surface area contributed by atoms with E-state index in [2.05, 4.69) is 32.8 Å². The highest BCUT2D eigenvalue weighted by Gasteiger charge is 2.37. The van der Waals surface area contributed by atoms with Crippen molar-refractivity contribution < 1.29 is 14.3 Å². The zero-order valence-electron chi connectivity index (χ0n) is 17.5. The molecule has 0 aliphatic carbocycles. The molecule has 3 atom stereocenters. The molecule has 0 bridgehead atoms. The van der Waals surface area contributed by atoms with Crippen LogP contribution in [0, 0.1) is 5.92 Å². The number of hydrogen-bond acceptors (Lipinski definition) is 5. The van der Waals surface area contributed by atoms with Crippen LogP contribution in [0.15, 0.2) is 41.3 Å². The Bertz CT molecular complexity index is 1070. The number of pyridine rings is 1. The highest BCUT2D eigenvalue weighted by molar-refractivity contribution is 9.10. The van der Waals surface area contributed by atoms with Gasteiger partial charge >= 0.3 is 0 Å². The van der Waals surface area contributed by atoms with Crippen molar-refractivity contribution in [2.45, 2.75) is 32.4 Å². The summed E-state index contributed by atoms with van der Waals surface area (Å²) in [7, 11) is 3.56. The zero-order chi connectivity index (χ0) is 21.4. The molecule has 1 aliphatic heterocycles. The van der Waals surface area contributed by atoms with Crippen LogP contribution in [0.4, 0.5) is 0 Å². The molecular weight excluding hydrogens is 448 g/mol. The number of methoxy groups -OCH3 is 1. The largest absolute Gasteiger partial charge is 0.497 e. The molecule has 1 saturated heterocycles. The number of amides is 1. The number of ether oxygens (including phenoxy) is 2. The SMILES string of the molecule is COc1ccc([C@@H](C)N2C[C@H]([C@@H](C)Oc3nc(Br)cc4ncn(C)c34)CC2=O)cc1. The number of aromatic nitrogens is 3. The Kier molecular flexibility index (Phi) is 5.69. The number of rotatable bonds is 6. The van der Waals surface area contributed by atoms with E-state index < -0.39 is 0 Å². The highest BCUT2D eigenvalue weighted by Crippen LogP contribution is 2.33. The monoisotopic (exact) mass is 472 g/mol. The smallest absolute Gasteiger partial charge is 0.241 e. The molecule has 0 spiro atoms. The van der Waals surface area contributed by atoms with E-state index in [1.807, 2.05) is 53.8 Å². The number of carbonyl (C=O) groups is 1. The van der Waals surface area contributed by atoms with Crippen molar-refractivity contribution in [3.8, 4) is 11.6 Å². The van der Waals surface area contributed by atoms with Crippen molar-refractivity contribution >= 4 is 32.9 Å². The van der Waals surface area contributed by atoms with Crippen LogP contribution in [-0.2, 0) is 11.8 Å². The molecule has 8 heteroatoms. The minimum atomic E-state index is -0.165. The number of hydrogen-bond donors (Lipinski definition) is 0. The Balaban J connectivity index is 1.49. The van der Waals surface area contributed by atoms with Crippen LogP contribution in [0.5, 0.6) is 11.6 Å². The van der Waals surface area contributed by atoms with Crippen LogP contribution in [0.25, 0.3) is 11.0 Å². The topological polar surface area (TPSA) is 69.5 Å². The summed E-state index contributed by atoms with van der Waals surface area (Å²) in [5.41, 5.74) is 2.75. The van der Waals surface area contributed by atoms with Crippen molar-refractivity contribution in [3.63, 3.8) is 0 Å². The lowest BCUT2D eigenvalue weighted by Gasteiger charge is -2.26. The molecular formula is C22H25BrN4O3. The summed E-state index contributed by atoms with van der Waals surface area (Å²) in [4.78, 5) is 23.6. The van der Waals surface area contributed by atoms with Gasteiger partial charge < -0.3 is 18.9 Å². The first-order valence-corrected chi connectivity index (χ1v) is 10.7. The van der Waals surface area contributed by atoms with E-state index >= 15 is 0 Å². The van der Waals surface area contributed by atoms with Crippen LogP contribution in [0.2, 0.25) is 0 Å². The molecule has 0 unspecified atom stereocenters. The van der Waals surface area contributed by atoms with Crippen LogP contribution in [-0.4, -0.2) is 45.1 Å². The van der Waals surface area contributed by atoms with Gasteiger partial charge in [0, 0.05) is 25.9 Å². The minimum absolute atomic E-state index is 0.00613. The minimum Gasteiger partial charge on any atom is -0.497 e. The van der Waals surface area contributed by atoms with Crippen LogP contribution < -0.4 is 9.47 Å². The zero-order valence-corrected chi connectivity index (χ0v) is 19.1. The predicted molar refractivity (Wildman–Crippen MR) is 118 cm³/mol. The second kappa shape index (κ2) is 8.26. The third-order valence-electron chi connectivity index (χ3n) is 5.85. The maximum Gasteiger partial charge on any atom is 0.241 e. The molecule has 4 rings (SSSR count). The van der Waals surface area contributed by atoms with E-state index in [1.54, 1.807) is 13.4 Å². The fourth-order valence-corrected chi connectivity index (χ4v) is 4.35. The van der Waals surface area contributed by atoms with E-state index in [1.165, 1.54) is 0 Å². The van der Waals surface area contributed by atoms with Gasteiger partial charge in [0.25, 0.3) is 0 Å². The molecule has 0 radical (unpaired) electrons.